The highest BCUT2D eigenvalue weighted by molar-refractivity contribution is 9.11. The number of halogens is 1. The van der Waals surface area contributed by atoms with Crippen LogP contribution in [0.3, 0.4) is 0 Å². The minimum absolute atomic E-state index is 0.398. The monoisotopic (exact) mass is 337 g/mol. The largest absolute Gasteiger partial charge is 0.310 e. The minimum Gasteiger partial charge on any atom is -0.310 e. The zero-order valence-corrected chi connectivity index (χ0v) is 14.1. The number of nitrogens with one attached hydrogen (secondary N) is 1. The van der Waals surface area contributed by atoms with Gasteiger partial charge in [0, 0.05) is 17.3 Å². The topological polar surface area (TPSA) is 12.0 Å². The first kappa shape index (κ1) is 14.8. The van der Waals surface area contributed by atoms with Crippen LogP contribution in [0, 0.1) is 13.8 Å². The zero-order valence-electron chi connectivity index (χ0n) is 11.7. The van der Waals surface area contributed by atoms with Crippen molar-refractivity contribution in [2.24, 2.45) is 0 Å². The molecule has 0 aliphatic heterocycles. The van der Waals surface area contributed by atoms with Crippen molar-refractivity contribution in [1.29, 1.82) is 0 Å². The van der Waals surface area contributed by atoms with Crippen LogP contribution in [0.15, 0.2) is 34.1 Å². The van der Waals surface area contributed by atoms with Crippen LogP contribution in [-0.2, 0) is 6.42 Å². The molecule has 0 aliphatic carbocycles. The van der Waals surface area contributed by atoms with Crippen LogP contribution in [-0.4, -0.2) is 6.54 Å². The van der Waals surface area contributed by atoms with Crippen LogP contribution in [0.25, 0.3) is 0 Å². The summed E-state index contributed by atoms with van der Waals surface area (Å²) < 4.78 is 1.21. The Labute approximate surface area is 128 Å². The zero-order chi connectivity index (χ0) is 13.8. The third-order valence-corrected chi connectivity index (χ3v) is 5.06. The first-order valence-corrected chi connectivity index (χ1v) is 8.26. The van der Waals surface area contributed by atoms with Crippen molar-refractivity contribution in [2.75, 3.05) is 6.54 Å². The summed E-state index contributed by atoms with van der Waals surface area (Å²) in [7, 11) is 0. The number of hydrogen-bond acceptors (Lipinski definition) is 2. The number of likely N-dealkylation sites (N-methyl/N-ethyl adjacent to an activating group) is 1. The Bertz CT molecular complexity index is 547. The molecule has 0 fully saturated rings. The molecule has 2 aromatic rings. The second-order valence-corrected chi connectivity index (χ2v) is 7.41. The van der Waals surface area contributed by atoms with Gasteiger partial charge in [0.05, 0.1) is 3.79 Å². The van der Waals surface area contributed by atoms with Gasteiger partial charge < -0.3 is 5.32 Å². The molecule has 0 radical (unpaired) electrons. The minimum atomic E-state index is 0.398. The molecule has 0 saturated carbocycles. The quantitative estimate of drug-likeness (QED) is 0.807. The van der Waals surface area contributed by atoms with E-state index in [0.29, 0.717) is 6.04 Å². The van der Waals surface area contributed by atoms with E-state index in [9.17, 15) is 0 Å². The van der Waals surface area contributed by atoms with Crippen LogP contribution in [0.5, 0.6) is 0 Å². The summed E-state index contributed by atoms with van der Waals surface area (Å²) in [6, 6.07) is 11.5. The van der Waals surface area contributed by atoms with Crippen molar-refractivity contribution in [3.63, 3.8) is 0 Å². The van der Waals surface area contributed by atoms with Crippen LogP contribution in [0.2, 0.25) is 0 Å². The molecule has 102 valence electrons. The summed E-state index contributed by atoms with van der Waals surface area (Å²) in [6.45, 7) is 7.50. The smallest absolute Gasteiger partial charge is 0.0701 e. The lowest BCUT2D eigenvalue weighted by Crippen LogP contribution is -2.22. The SMILES string of the molecule is CCNC(Cc1ccc(Br)s1)c1ccc(C)c(C)c1. The van der Waals surface area contributed by atoms with E-state index in [1.165, 1.54) is 25.4 Å². The molecule has 1 unspecified atom stereocenters. The predicted molar refractivity (Wildman–Crippen MR) is 88.1 cm³/mol. The van der Waals surface area contributed by atoms with Crippen LogP contribution in [0.4, 0.5) is 0 Å². The summed E-state index contributed by atoms with van der Waals surface area (Å²) in [5.41, 5.74) is 4.11. The fourth-order valence-electron chi connectivity index (χ4n) is 2.20. The third kappa shape index (κ3) is 3.91. The predicted octanol–water partition coefficient (Wildman–Crippen LogP) is 5.02. The van der Waals surface area contributed by atoms with Crippen molar-refractivity contribution in [3.8, 4) is 0 Å². The molecule has 1 aromatic heterocycles. The molecule has 1 nitrogen and oxygen atoms in total. The lowest BCUT2D eigenvalue weighted by atomic mass is 9.98. The molecule has 0 amide bonds. The van der Waals surface area contributed by atoms with Crippen LogP contribution in [0.1, 0.15) is 34.5 Å². The highest BCUT2D eigenvalue weighted by Gasteiger charge is 2.13. The number of hydrogen-bond donors (Lipinski definition) is 1. The molecule has 0 bridgehead atoms. The summed E-state index contributed by atoms with van der Waals surface area (Å²) in [6.07, 6.45) is 1.05. The van der Waals surface area contributed by atoms with E-state index in [1.54, 1.807) is 0 Å². The van der Waals surface area contributed by atoms with E-state index in [-0.39, 0.29) is 0 Å². The van der Waals surface area contributed by atoms with Gasteiger partial charge in [-0.15, -0.1) is 11.3 Å². The van der Waals surface area contributed by atoms with Crippen molar-refractivity contribution in [1.82, 2.24) is 5.32 Å². The molecule has 0 saturated heterocycles. The molecule has 1 aromatic carbocycles. The molecule has 19 heavy (non-hydrogen) atoms. The van der Waals surface area contributed by atoms with Gasteiger partial charge in [0.1, 0.15) is 0 Å². The standard InChI is InChI=1S/C16H20BrNS/c1-4-18-15(10-14-7-8-16(17)19-14)13-6-5-11(2)12(3)9-13/h5-9,15,18H,4,10H2,1-3H3. The summed E-state index contributed by atoms with van der Waals surface area (Å²) in [5.74, 6) is 0. The Balaban J connectivity index is 2.21. The lowest BCUT2D eigenvalue weighted by molar-refractivity contribution is 0.553. The number of benzene rings is 1. The maximum absolute atomic E-state index is 3.59. The fourth-order valence-corrected chi connectivity index (χ4v) is 3.73. The van der Waals surface area contributed by atoms with E-state index in [4.69, 9.17) is 0 Å². The van der Waals surface area contributed by atoms with Crippen molar-refractivity contribution >= 4 is 27.3 Å². The van der Waals surface area contributed by atoms with Gasteiger partial charge in [-0.05, 0) is 65.1 Å². The van der Waals surface area contributed by atoms with Crippen molar-refractivity contribution in [3.05, 3.63) is 55.7 Å². The second-order valence-electron chi connectivity index (χ2n) is 4.86. The molecule has 0 aliphatic rings. The highest BCUT2D eigenvalue weighted by Crippen LogP contribution is 2.27. The molecule has 1 atom stereocenters. The molecule has 3 heteroatoms. The summed E-state index contributed by atoms with van der Waals surface area (Å²) in [4.78, 5) is 1.41. The van der Waals surface area contributed by atoms with Crippen LogP contribution < -0.4 is 5.32 Å². The Hall–Kier alpha value is -0.640. The average molecular weight is 338 g/mol. The fraction of sp³-hybridized carbons (Fsp3) is 0.375. The van der Waals surface area contributed by atoms with Gasteiger partial charge >= 0.3 is 0 Å². The maximum Gasteiger partial charge on any atom is 0.0701 e. The first-order chi connectivity index (χ1) is 9.10. The van der Waals surface area contributed by atoms with E-state index < -0.39 is 0 Å². The number of aryl methyl sites for hydroxylation is 2. The maximum atomic E-state index is 3.59. The Morgan fingerprint density at radius 2 is 1.95 bits per heavy atom. The molecule has 2 rings (SSSR count). The summed E-state index contributed by atoms with van der Waals surface area (Å²) >= 11 is 5.36. The van der Waals surface area contributed by atoms with Gasteiger partial charge in [-0.3, -0.25) is 0 Å². The van der Waals surface area contributed by atoms with Gasteiger partial charge in [-0.1, -0.05) is 25.1 Å². The lowest BCUT2D eigenvalue weighted by Gasteiger charge is -2.19. The molecule has 1 heterocycles. The van der Waals surface area contributed by atoms with Gasteiger partial charge in [-0.25, -0.2) is 0 Å². The first-order valence-electron chi connectivity index (χ1n) is 6.65. The molecule has 0 spiro atoms. The molecule has 1 N–H and O–H groups in total. The Morgan fingerprint density at radius 1 is 1.16 bits per heavy atom. The van der Waals surface area contributed by atoms with E-state index in [2.05, 4.69) is 72.3 Å². The Morgan fingerprint density at radius 3 is 2.53 bits per heavy atom. The van der Waals surface area contributed by atoms with E-state index in [0.717, 1.165) is 13.0 Å². The number of thiophene rings is 1. The molecular weight excluding hydrogens is 318 g/mol. The highest BCUT2D eigenvalue weighted by atomic mass is 79.9. The summed E-state index contributed by atoms with van der Waals surface area (Å²) in [5, 5.41) is 3.59. The number of rotatable bonds is 5. The van der Waals surface area contributed by atoms with E-state index in [1.807, 2.05) is 11.3 Å². The molecular formula is C16H20BrNS. The third-order valence-electron chi connectivity index (χ3n) is 3.42. The Kier molecular flexibility index (Phi) is 5.20. The van der Waals surface area contributed by atoms with Crippen LogP contribution >= 0.6 is 27.3 Å². The average Bonchev–Trinajstić information content (AvgIpc) is 2.78. The van der Waals surface area contributed by atoms with Crippen molar-refractivity contribution < 1.29 is 0 Å². The van der Waals surface area contributed by atoms with Gasteiger partial charge in [0.2, 0.25) is 0 Å². The second kappa shape index (κ2) is 6.69. The van der Waals surface area contributed by atoms with E-state index >= 15 is 0 Å². The van der Waals surface area contributed by atoms with Crippen molar-refractivity contribution in [2.45, 2.75) is 33.2 Å². The normalized spacial score (nSPS) is 12.6. The van der Waals surface area contributed by atoms with Gasteiger partial charge in [0.15, 0.2) is 0 Å². The van der Waals surface area contributed by atoms with Gasteiger partial charge in [-0.2, -0.15) is 0 Å². The van der Waals surface area contributed by atoms with Gasteiger partial charge in [0.25, 0.3) is 0 Å².